The van der Waals surface area contributed by atoms with Gasteiger partial charge in [0.05, 0.1) is 0 Å². The minimum absolute atomic E-state index is 0.580. The largest absolute Gasteiger partial charge is 0.366 e. The number of anilines is 1. The highest BCUT2D eigenvalue weighted by Gasteiger charge is 2.20. The van der Waals surface area contributed by atoms with Crippen LogP contribution in [0.4, 0.5) is 5.82 Å². The van der Waals surface area contributed by atoms with E-state index in [0.717, 1.165) is 41.9 Å². The number of hydrogen-bond donors (Lipinski definition) is 1. The van der Waals surface area contributed by atoms with E-state index in [1.54, 1.807) is 12.3 Å². The van der Waals surface area contributed by atoms with Crippen molar-refractivity contribution in [2.45, 2.75) is 25.8 Å². The maximum atomic E-state index is 6.14. The van der Waals surface area contributed by atoms with Crippen molar-refractivity contribution in [3.05, 3.63) is 69.6 Å². The Morgan fingerprint density at radius 1 is 1.04 bits per heavy atom. The second-order valence-electron chi connectivity index (χ2n) is 6.05. The number of aryl methyl sites for hydroxylation is 1. The average molecular weight is 371 g/mol. The Balaban J connectivity index is 1.70. The Kier molecular flexibility index (Phi) is 4.55. The molecular weight excluding hydrogens is 355 g/mol. The van der Waals surface area contributed by atoms with E-state index >= 15 is 0 Å². The van der Waals surface area contributed by atoms with Gasteiger partial charge in [0.1, 0.15) is 5.82 Å². The second kappa shape index (κ2) is 6.98. The first kappa shape index (κ1) is 16.3. The molecule has 3 aromatic rings. The minimum Gasteiger partial charge on any atom is -0.366 e. The summed E-state index contributed by atoms with van der Waals surface area (Å²) in [5.41, 5.74) is 4.26. The van der Waals surface area contributed by atoms with Crippen molar-refractivity contribution in [3.8, 4) is 11.4 Å². The molecule has 0 unspecified atom stereocenters. The van der Waals surface area contributed by atoms with Crippen LogP contribution in [0.15, 0.2) is 42.7 Å². The van der Waals surface area contributed by atoms with Crippen LogP contribution in [-0.2, 0) is 19.4 Å². The lowest BCUT2D eigenvalue weighted by atomic mass is 10.1. The van der Waals surface area contributed by atoms with E-state index in [1.165, 1.54) is 5.56 Å². The summed E-state index contributed by atoms with van der Waals surface area (Å²) in [5.74, 6) is 1.54. The van der Waals surface area contributed by atoms with Gasteiger partial charge < -0.3 is 5.32 Å². The van der Waals surface area contributed by atoms with Crippen molar-refractivity contribution in [1.29, 1.82) is 0 Å². The highest BCUT2D eigenvalue weighted by molar-refractivity contribution is 6.35. The van der Waals surface area contributed by atoms with Gasteiger partial charge in [0.2, 0.25) is 0 Å². The lowest BCUT2D eigenvalue weighted by Crippen LogP contribution is -2.07. The van der Waals surface area contributed by atoms with Crippen LogP contribution < -0.4 is 5.32 Å². The molecule has 1 N–H and O–H groups in total. The van der Waals surface area contributed by atoms with Crippen LogP contribution in [-0.4, -0.2) is 15.0 Å². The molecule has 0 amide bonds. The summed E-state index contributed by atoms with van der Waals surface area (Å²) in [6.45, 7) is 0.674. The van der Waals surface area contributed by atoms with Crippen molar-refractivity contribution in [2.75, 3.05) is 5.32 Å². The zero-order chi connectivity index (χ0) is 17.2. The first-order chi connectivity index (χ1) is 12.2. The van der Waals surface area contributed by atoms with Crippen LogP contribution >= 0.6 is 23.2 Å². The molecule has 1 aliphatic rings. The molecule has 0 bridgehead atoms. The third-order valence-corrected chi connectivity index (χ3v) is 4.67. The van der Waals surface area contributed by atoms with Crippen molar-refractivity contribution in [2.24, 2.45) is 0 Å². The molecule has 0 radical (unpaired) electrons. The molecule has 2 aromatic heterocycles. The molecule has 0 spiro atoms. The average Bonchev–Trinajstić information content (AvgIpc) is 3.08. The Morgan fingerprint density at radius 3 is 2.64 bits per heavy atom. The second-order valence-corrected chi connectivity index (χ2v) is 6.92. The maximum Gasteiger partial charge on any atom is 0.161 e. The minimum atomic E-state index is 0.580. The highest BCUT2D eigenvalue weighted by atomic mass is 35.5. The zero-order valence-electron chi connectivity index (χ0n) is 13.5. The molecule has 0 saturated heterocycles. The topological polar surface area (TPSA) is 50.7 Å². The number of nitrogens with one attached hydrogen (secondary N) is 1. The fraction of sp³-hybridized carbons (Fsp3) is 0.211. The van der Waals surface area contributed by atoms with Gasteiger partial charge in [-0.3, -0.25) is 4.98 Å². The number of benzene rings is 1. The van der Waals surface area contributed by atoms with Gasteiger partial charge in [-0.25, -0.2) is 9.97 Å². The van der Waals surface area contributed by atoms with Gasteiger partial charge in [-0.05, 0) is 49.1 Å². The van der Waals surface area contributed by atoms with Gasteiger partial charge >= 0.3 is 0 Å². The van der Waals surface area contributed by atoms with Gasteiger partial charge in [-0.2, -0.15) is 0 Å². The summed E-state index contributed by atoms with van der Waals surface area (Å²) in [6.07, 6.45) is 6.70. The summed E-state index contributed by atoms with van der Waals surface area (Å²) in [6, 6.07) is 9.37. The third-order valence-electron chi connectivity index (χ3n) is 4.24. The summed E-state index contributed by atoms with van der Waals surface area (Å²) < 4.78 is 0. The Labute approximate surface area is 156 Å². The molecule has 2 heterocycles. The van der Waals surface area contributed by atoms with Gasteiger partial charge in [-0.15, -0.1) is 0 Å². The number of nitrogens with zero attached hydrogens (tertiary/aromatic N) is 3. The molecule has 6 heteroatoms. The van der Waals surface area contributed by atoms with Gasteiger partial charge in [-0.1, -0.05) is 29.3 Å². The van der Waals surface area contributed by atoms with Crippen LogP contribution in [0.5, 0.6) is 0 Å². The predicted octanol–water partition coefficient (Wildman–Crippen LogP) is 4.95. The molecule has 0 atom stereocenters. The Hall–Kier alpha value is -2.17. The predicted molar refractivity (Wildman–Crippen MR) is 101 cm³/mol. The lowest BCUT2D eigenvalue weighted by Gasteiger charge is -2.12. The van der Waals surface area contributed by atoms with E-state index in [-0.39, 0.29) is 0 Å². The summed E-state index contributed by atoms with van der Waals surface area (Å²) >= 11 is 12.3. The van der Waals surface area contributed by atoms with Crippen molar-refractivity contribution in [1.82, 2.24) is 15.0 Å². The standard InChI is InChI=1S/C19H16Cl2N4/c20-14-7-13(8-15(21)9-14)18-24-17-5-1-4-16(17)19(25-18)23-11-12-3-2-6-22-10-12/h2-3,6-10H,1,4-5,11H2,(H,23,24,25). The van der Waals surface area contributed by atoms with E-state index in [1.807, 2.05) is 30.5 Å². The smallest absolute Gasteiger partial charge is 0.161 e. The molecular formula is C19H16Cl2N4. The maximum absolute atomic E-state index is 6.14. The van der Waals surface area contributed by atoms with E-state index in [2.05, 4.69) is 10.3 Å². The molecule has 4 rings (SSSR count). The third kappa shape index (κ3) is 3.60. The van der Waals surface area contributed by atoms with Crippen LogP contribution in [0, 0.1) is 0 Å². The Morgan fingerprint density at radius 2 is 1.88 bits per heavy atom. The number of pyridine rings is 1. The van der Waals surface area contributed by atoms with E-state index < -0.39 is 0 Å². The van der Waals surface area contributed by atoms with Gasteiger partial charge in [0.25, 0.3) is 0 Å². The van der Waals surface area contributed by atoms with Crippen LogP contribution in [0.25, 0.3) is 11.4 Å². The fourth-order valence-corrected chi connectivity index (χ4v) is 3.61. The molecule has 0 aliphatic heterocycles. The summed E-state index contributed by atoms with van der Waals surface area (Å²) in [7, 11) is 0. The van der Waals surface area contributed by atoms with Crippen LogP contribution in [0.1, 0.15) is 23.2 Å². The SMILES string of the molecule is Clc1cc(Cl)cc(-c2nc3c(c(NCc4cccnc4)n2)CCC3)c1. The van der Waals surface area contributed by atoms with Crippen molar-refractivity contribution >= 4 is 29.0 Å². The van der Waals surface area contributed by atoms with Crippen molar-refractivity contribution < 1.29 is 0 Å². The number of hydrogen-bond acceptors (Lipinski definition) is 4. The summed E-state index contributed by atoms with van der Waals surface area (Å²) in [4.78, 5) is 13.6. The number of halogens is 2. The van der Waals surface area contributed by atoms with Crippen LogP contribution in [0.3, 0.4) is 0 Å². The van der Waals surface area contributed by atoms with Gasteiger partial charge in [0.15, 0.2) is 5.82 Å². The molecule has 0 fully saturated rings. The molecule has 4 nitrogen and oxygen atoms in total. The monoisotopic (exact) mass is 370 g/mol. The highest BCUT2D eigenvalue weighted by Crippen LogP contribution is 2.31. The first-order valence-corrected chi connectivity index (χ1v) is 8.93. The van der Waals surface area contributed by atoms with E-state index in [4.69, 9.17) is 33.2 Å². The molecule has 126 valence electrons. The van der Waals surface area contributed by atoms with Gasteiger partial charge in [0, 0.05) is 45.8 Å². The van der Waals surface area contributed by atoms with E-state index in [9.17, 15) is 0 Å². The molecule has 1 aromatic carbocycles. The lowest BCUT2D eigenvalue weighted by molar-refractivity contribution is 0.899. The quantitative estimate of drug-likeness (QED) is 0.705. The number of rotatable bonds is 4. The van der Waals surface area contributed by atoms with Crippen molar-refractivity contribution in [3.63, 3.8) is 0 Å². The number of fused-ring (bicyclic) bond motifs is 1. The van der Waals surface area contributed by atoms with E-state index in [0.29, 0.717) is 22.4 Å². The normalized spacial score (nSPS) is 12.9. The fourth-order valence-electron chi connectivity index (χ4n) is 3.08. The molecule has 25 heavy (non-hydrogen) atoms. The zero-order valence-corrected chi connectivity index (χ0v) is 15.0. The number of aromatic nitrogens is 3. The molecule has 1 aliphatic carbocycles. The van der Waals surface area contributed by atoms with Crippen LogP contribution in [0.2, 0.25) is 10.0 Å². The summed E-state index contributed by atoms with van der Waals surface area (Å²) in [5, 5.41) is 4.60. The molecule has 0 saturated carbocycles. The Bertz CT molecular complexity index is 893. The first-order valence-electron chi connectivity index (χ1n) is 8.18.